The zero-order chi connectivity index (χ0) is 11.3. The van der Waals surface area contributed by atoms with Gasteiger partial charge in [-0.2, -0.15) is 0 Å². The fraction of sp³-hybridized carbons (Fsp3) is 1.00. The minimum absolute atomic E-state index is 0.105. The zero-order valence-electron chi connectivity index (χ0n) is 10.4. The third kappa shape index (κ3) is 1.44. The molecule has 1 spiro atoms. The van der Waals surface area contributed by atoms with Crippen LogP contribution in [0, 0.1) is 0 Å². The van der Waals surface area contributed by atoms with Gasteiger partial charge in [0.2, 0.25) is 0 Å². The third-order valence-corrected chi connectivity index (χ3v) is 4.65. The number of rotatable bonds is 0. The lowest BCUT2D eigenvalue weighted by molar-refractivity contribution is -0.265. The molecule has 0 aromatic rings. The summed E-state index contributed by atoms with van der Waals surface area (Å²) in [5.74, 6) is 0. The van der Waals surface area contributed by atoms with E-state index >= 15 is 0 Å². The summed E-state index contributed by atoms with van der Waals surface area (Å²) in [5, 5.41) is 17.4. The predicted molar refractivity (Wildman–Crippen MR) is 59.6 cm³/mol. The van der Waals surface area contributed by atoms with Crippen molar-refractivity contribution in [2.75, 3.05) is 0 Å². The molecule has 3 heteroatoms. The molecule has 2 aliphatic rings. The predicted octanol–water partition coefficient (Wildman–Crippen LogP) is 2.45. The number of hydrogen-bond acceptors (Lipinski definition) is 2. The van der Waals surface area contributed by atoms with Gasteiger partial charge in [0.1, 0.15) is 0 Å². The minimum atomic E-state index is -0.315. The summed E-state index contributed by atoms with van der Waals surface area (Å²) >= 11 is 0. The van der Waals surface area contributed by atoms with Gasteiger partial charge in [-0.3, -0.25) is 5.32 Å². The van der Waals surface area contributed by atoms with E-state index in [-0.39, 0.29) is 16.7 Å². The van der Waals surface area contributed by atoms with Crippen LogP contribution in [0.5, 0.6) is 0 Å². The summed E-state index contributed by atoms with van der Waals surface area (Å²) in [6, 6.07) is 0. The third-order valence-electron chi connectivity index (χ3n) is 4.65. The monoisotopic (exact) mass is 211 g/mol. The molecule has 1 radical (unpaired) electrons. The lowest BCUT2D eigenvalue weighted by atomic mass is 9.84. The Kier molecular flexibility index (Phi) is 2.42. The molecule has 1 aliphatic heterocycles. The first-order valence-electron chi connectivity index (χ1n) is 6.09. The van der Waals surface area contributed by atoms with E-state index in [2.05, 4.69) is 33.0 Å². The van der Waals surface area contributed by atoms with Gasteiger partial charge in [0, 0.05) is 5.54 Å². The molecule has 1 heterocycles. The van der Waals surface area contributed by atoms with Crippen LogP contribution in [0.1, 0.15) is 59.8 Å². The van der Waals surface area contributed by atoms with Crippen LogP contribution in [0.15, 0.2) is 0 Å². The van der Waals surface area contributed by atoms with E-state index in [0.717, 1.165) is 12.8 Å². The molecule has 0 unspecified atom stereocenters. The number of nitrogens with zero attached hydrogens (tertiary/aromatic N) is 1. The standard InChI is InChI=1S/C12H23N2O/c1-10(2)11(3,4)14(15)12(13-10)8-6-5-7-9-12/h13H,5-9H2,1-4H3. The van der Waals surface area contributed by atoms with Crippen LogP contribution < -0.4 is 5.32 Å². The van der Waals surface area contributed by atoms with Crippen LogP contribution in [0.3, 0.4) is 0 Å². The van der Waals surface area contributed by atoms with Crippen LogP contribution in [0.4, 0.5) is 0 Å². The molecular weight excluding hydrogens is 188 g/mol. The molecule has 0 bridgehead atoms. The lowest BCUT2D eigenvalue weighted by Crippen LogP contribution is -2.53. The van der Waals surface area contributed by atoms with E-state index < -0.39 is 0 Å². The maximum Gasteiger partial charge on any atom is 0.0995 e. The van der Waals surface area contributed by atoms with Gasteiger partial charge in [-0.25, -0.2) is 0 Å². The quantitative estimate of drug-likeness (QED) is 0.668. The molecule has 0 aromatic carbocycles. The number of nitrogens with one attached hydrogen (secondary N) is 1. The van der Waals surface area contributed by atoms with Crippen molar-refractivity contribution in [3.63, 3.8) is 0 Å². The van der Waals surface area contributed by atoms with Crippen molar-refractivity contribution >= 4 is 0 Å². The molecule has 0 atom stereocenters. The Labute approximate surface area is 92.8 Å². The summed E-state index contributed by atoms with van der Waals surface area (Å²) in [7, 11) is 0. The van der Waals surface area contributed by atoms with Gasteiger partial charge in [0.05, 0.1) is 11.2 Å². The SMILES string of the molecule is CC1(C)NC2(CCCCC2)N([O])C1(C)C. The molecule has 3 nitrogen and oxygen atoms in total. The largest absolute Gasteiger partial charge is 0.290 e. The van der Waals surface area contributed by atoms with Crippen LogP contribution in [0.25, 0.3) is 0 Å². The molecule has 1 saturated carbocycles. The lowest BCUT2D eigenvalue weighted by Gasteiger charge is -2.39. The first-order valence-corrected chi connectivity index (χ1v) is 6.09. The highest BCUT2D eigenvalue weighted by Gasteiger charge is 2.60. The van der Waals surface area contributed by atoms with Crippen LogP contribution in [-0.2, 0) is 5.21 Å². The number of hydroxylamine groups is 2. The average molecular weight is 211 g/mol. The van der Waals surface area contributed by atoms with E-state index in [1.54, 1.807) is 0 Å². The Morgan fingerprint density at radius 2 is 1.53 bits per heavy atom. The molecule has 0 aromatic heterocycles. The van der Waals surface area contributed by atoms with Gasteiger partial charge in [-0.1, -0.05) is 19.3 Å². The van der Waals surface area contributed by atoms with Crippen LogP contribution in [0.2, 0.25) is 0 Å². The summed E-state index contributed by atoms with van der Waals surface area (Å²) in [6.45, 7) is 8.38. The highest BCUT2D eigenvalue weighted by atomic mass is 16.5. The smallest absolute Gasteiger partial charge is 0.0995 e. The fourth-order valence-corrected chi connectivity index (χ4v) is 3.04. The van der Waals surface area contributed by atoms with Gasteiger partial charge in [0.15, 0.2) is 0 Å². The van der Waals surface area contributed by atoms with Crippen molar-refractivity contribution < 1.29 is 5.21 Å². The second kappa shape index (κ2) is 3.19. The Bertz CT molecular complexity index is 254. The van der Waals surface area contributed by atoms with Crippen LogP contribution in [-0.4, -0.2) is 21.8 Å². The molecule has 1 N–H and O–H groups in total. The summed E-state index contributed by atoms with van der Waals surface area (Å²) in [6.07, 6.45) is 5.64. The summed E-state index contributed by atoms with van der Waals surface area (Å²) in [5.41, 5.74) is -0.693. The zero-order valence-corrected chi connectivity index (χ0v) is 10.4. The molecule has 87 valence electrons. The summed E-state index contributed by atoms with van der Waals surface area (Å²) in [4.78, 5) is 0. The normalized spacial score (nSPS) is 33.4. The Balaban J connectivity index is 2.30. The van der Waals surface area contributed by atoms with Crippen molar-refractivity contribution in [3.8, 4) is 0 Å². The van der Waals surface area contributed by atoms with Gasteiger partial charge in [-0.15, -0.1) is 10.3 Å². The van der Waals surface area contributed by atoms with Crippen molar-refractivity contribution in [1.29, 1.82) is 0 Å². The van der Waals surface area contributed by atoms with E-state index in [4.69, 9.17) is 0 Å². The Morgan fingerprint density at radius 3 is 1.93 bits per heavy atom. The first-order chi connectivity index (χ1) is 6.82. The van der Waals surface area contributed by atoms with E-state index in [0.29, 0.717) is 0 Å². The molecule has 1 saturated heterocycles. The van der Waals surface area contributed by atoms with E-state index in [9.17, 15) is 5.21 Å². The van der Waals surface area contributed by atoms with Crippen molar-refractivity contribution in [2.45, 2.75) is 76.5 Å². The first kappa shape index (κ1) is 11.4. The molecule has 1 aliphatic carbocycles. The molecular formula is C12H23N2O. The highest BCUT2D eigenvalue weighted by molar-refractivity contribution is 5.13. The maximum atomic E-state index is 12.5. The van der Waals surface area contributed by atoms with Gasteiger partial charge in [0.25, 0.3) is 0 Å². The van der Waals surface area contributed by atoms with Crippen molar-refractivity contribution in [2.24, 2.45) is 0 Å². The molecule has 15 heavy (non-hydrogen) atoms. The summed E-state index contributed by atoms with van der Waals surface area (Å²) < 4.78 is 0. The Morgan fingerprint density at radius 1 is 1.00 bits per heavy atom. The second-order valence-electron chi connectivity index (χ2n) is 6.20. The van der Waals surface area contributed by atoms with E-state index in [1.807, 2.05) is 0 Å². The van der Waals surface area contributed by atoms with Gasteiger partial charge < -0.3 is 0 Å². The van der Waals surface area contributed by atoms with Crippen LogP contribution >= 0.6 is 0 Å². The molecule has 2 rings (SSSR count). The van der Waals surface area contributed by atoms with Crippen molar-refractivity contribution in [3.05, 3.63) is 0 Å². The average Bonchev–Trinajstić information content (AvgIpc) is 2.27. The maximum absolute atomic E-state index is 12.5. The van der Waals surface area contributed by atoms with E-state index in [1.165, 1.54) is 24.3 Å². The Hall–Kier alpha value is -0.120. The van der Waals surface area contributed by atoms with Crippen molar-refractivity contribution in [1.82, 2.24) is 10.4 Å². The van der Waals surface area contributed by atoms with Gasteiger partial charge >= 0.3 is 0 Å². The topological polar surface area (TPSA) is 35.2 Å². The minimum Gasteiger partial charge on any atom is -0.290 e. The number of hydrogen-bond donors (Lipinski definition) is 1. The van der Waals surface area contributed by atoms with Gasteiger partial charge in [-0.05, 0) is 40.5 Å². The molecule has 0 amide bonds. The second-order valence-corrected chi connectivity index (χ2v) is 6.20. The fourth-order valence-electron chi connectivity index (χ4n) is 3.04. The molecule has 2 fully saturated rings. The highest BCUT2D eigenvalue weighted by Crippen LogP contribution is 2.46.